The fraction of sp³-hybridized carbons (Fsp3) is 0.360. The number of aromatic amines is 1. The molecule has 2 aliphatic heterocycles. The molecule has 180 valence electrons. The first-order valence-electron chi connectivity index (χ1n) is 11.8. The van der Waals surface area contributed by atoms with Gasteiger partial charge in [0.15, 0.2) is 17.3 Å². The number of ether oxygens (including phenoxy) is 3. The largest absolute Gasteiger partial charge is 0.497 e. The Morgan fingerprint density at radius 3 is 2.60 bits per heavy atom. The van der Waals surface area contributed by atoms with Crippen molar-refractivity contribution in [2.24, 2.45) is 0 Å². The fourth-order valence-corrected chi connectivity index (χ4v) is 4.92. The van der Waals surface area contributed by atoms with Crippen molar-refractivity contribution in [3.05, 3.63) is 69.8 Å². The van der Waals surface area contributed by atoms with Crippen molar-refractivity contribution in [1.29, 1.82) is 0 Å². The van der Waals surface area contributed by atoms with Gasteiger partial charge < -0.3 is 19.2 Å². The molecule has 2 aromatic carbocycles. The quantitative estimate of drug-likeness (QED) is 0.455. The molecule has 1 atom stereocenters. The molecule has 0 unspecified atom stereocenters. The van der Waals surface area contributed by atoms with E-state index in [-0.39, 0.29) is 18.4 Å². The summed E-state index contributed by atoms with van der Waals surface area (Å²) >= 11 is 0. The lowest BCUT2D eigenvalue weighted by Crippen LogP contribution is -2.38. The molecule has 0 amide bonds. The maximum atomic E-state index is 13.4. The Morgan fingerprint density at radius 1 is 1.06 bits per heavy atom. The minimum Gasteiger partial charge on any atom is -0.497 e. The van der Waals surface area contributed by atoms with Crippen molar-refractivity contribution in [3.8, 4) is 17.2 Å². The number of nitrogens with one attached hydrogen (secondary N) is 1. The molecule has 0 saturated carbocycles. The van der Waals surface area contributed by atoms with Crippen LogP contribution in [0.4, 0.5) is 0 Å². The first-order valence-corrected chi connectivity index (χ1v) is 11.8. The van der Waals surface area contributed by atoms with Gasteiger partial charge in [-0.25, -0.2) is 4.68 Å². The molecule has 4 aromatic rings. The Hall–Kier alpha value is -3.92. The summed E-state index contributed by atoms with van der Waals surface area (Å²) in [5, 5.41) is 13.6. The number of likely N-dealkylation sites (tertiary alicyclic amines) is 1. The molecular weight excluding hydrogens is 448 g/mol. The SMILES string of the molecule is COc1ccc(Cn2nnnc2[C@@H](c2cc3cc4c(cc3[nH]c2=O)OCO4)N2CCCCC2)cc1. The second-order valence-electron chi connectivity index (χ2n) is 8.89. The average molecular weight is 475 g/mol. The summed E-state index contributed by atoms with van der Waals surface area (Å²) in [5.41, 5.74) is 2.20. The molecule has 10 nitrogen and oxygen atoms in total. The summed E-state index contributed by atoms with van der Waals surface area (Å²) in [4.78, 5) is 18.8. The predicted octanol–water partition coefficient (Wildman–Crippen LogP) is 2.88. The number of hydrogen-bond acceptors (Lipinski definition) is 8. The third-order valence-electron chi connectivity index (χ3n) is 6.71. The number of tetrazole rings is 1. The van der Waals surface area contributed by atoms with Crippen LogP contribution in [0.15, 0.2) is 47.3 Å². The third kappa shape index (κ3) is 4.10. The molecule has 6 rings (SSSR count). The number of H-pyrrole nitrogens is 1. The third-order valence-corrected chi connectivity index (χ3v) is 6.71. The highest BCUT2D eigenvalue weighted by atomic mass is 16.7. The highest BCUT2D eigenvalue weighted by Gasteiger charge is 2.31. The van der Waals surface area contributed by atoms with Crippen LogP contribution >= 0.6 is 0 Å². The highest BCUT2D eigenvalue weighted by Crippen LogP contribution is 2.36. The van der Waals surface area contributed by atoms with E-state index in [1.807, 2.05) is 42.5 Å². The van der Waals surface area contributed by atoms with Gasteiger partial charge in [0.1, 0.15) is 11.8 Å². The van der Waals surface area contributed by atoms with Gasteiger partial charge >= 0.3 is 0 Å². The first-order chi connectivity index (χ1) is 17.2. The number of pyridine rings is 1. The van der Waals surface area contributed by atoms with Gasteiger partial charge in [-0.1, -0.05) is 18.6 Å². The van der Waals surface area contributed by atoms with Crippen LogP contribution in [0.2, 0.25) is 0 Å². The lowest BCUT2D eigenvalue weighted by Gasteiger charge is -2.33. The molecule has 10 heteroatoms. The molecule has 2 aliphatic rings. The minimum atomic E-state index is -0.373. The zero-order valence-corrected chi connectivity index (χ0v) is 19.4. The molecule has 1 saturated heterocycles. The van der Waals surface area contributed by atoms with E-state index in [1.54, 1.807) is 11.8 Å². The predicted molar refractivity (Wildman–Crippen MR) is 128 cm³/mol. The first kappa shape index (κ1) is 21.6. The Morgan fingerprint density at radius 2 is 1.83 bits per heavy atom. The van der Waals surface area contributed by atoms with E-state index >= 15 is 0 Å². The van der Waals surface area contributed by atoms with Crippen molar-refractivity contribution in [2.45, 2.75) is 31.8 Å². The highest BCUT2D eigenvalue weighted by molar-refractivity contribution is 5.83. The monoisotopic (exact) mass is 474 g/mol. The zero-order chi connectivity index (χ0) is 23.8. The number of nitrogens with zero attached hydrogens (tertiary/aromatic N) is 5. The van der Waals surface area contributed by atoms with Gasteiger partial charge in [0.05, 0.1) is 19.2 Å². The lowest BCUT2D eigenvalue weighted by molar-refractivity contribution is 0.174. The molecule has 0 bridgehead atoms. The van der Waals surface area contributed by atoms with Crippen molar-refractivity contribution >= 4 is 10.9 Å². The maximum absolute atomic E-state index is 13.4. The van der Waals surface area contributed by atoms with Crippen LogP contribution in [-0.4, -0.2) is 57.1 Å². The maximum Gasteiger partial charge on any atom is 0.253 e. The van der Waals surface area contributed by atoms with Crippen molar-refractivity contribution in [2.75, 3.05) is 27.0 Å². The molecule has 0 radical (unpaired) electrons. The standard InChI is InChI=1S/C25H26N6O4/c1-33-18-7-5-16(6-8-18)14-31-24(27-28-29-31)23(30-9-3-2-4-10-30)19-11-17-12-21-22(35-15-34-21)13-20(17)26-25(19)32/h5-8,11-13,23H,2-4,9-10,14-15H2,1H3,(H,26,32)/t23-/m1/s1. The minimum absolute atomic E-state index is 0.161. The van der Waals surface area contributed by atoms with Crippen LogP contribution in [0.3, 0.4) is 0 Å². The Balaban J connectivity index is 1.43. The van der Waals surface area contributed by atoms with Gasteiger partial charge in [0.2, 0.25) is 6.79 Å². The Bertz CT molecular complexity index is 1410. The number of hydrogen-bond donors (Lipinski definition) is 1. The molecule has 0 aliphatic carbocycles. The smallest absolute Gasteiger partial charge is 0.253 e. The van der Waals surface area contributed by atoms with Crippen molar-refractivity contribution < 1.29 is 14.2 Å². The second-order valence-corrected chi connectivity index (χ2v) is 8.89. The summed E-state index contributed by atoms with van der Waals surface area (Å²) in [6.07, 6.45) is 3.32. The number of rotatable bonds is 6. The van der Waals surface area contributed by atoms with Gasteiger partial charge in [0, 0.05) is 17.0 Å². The average Bonchev–Trinajstić information content (AvgIpc) is 3.54. The number of aromatic nitrogens is 5. The Kier molecular flexibility index (Phi) is 5.57. The second kappa shape index (κ2) is 9.03. The van der Waals surface area contributed by atoms with Crippen LogP contribution in [0.5, 0.6) is 17.2 Å². The van der Waals surface area contributed by atoms with E-state index in [0.717, 1.165) is 42.6 Å². The molecule has 4 heterocycles. The van der Waals surface area contributed by atoms with Crippen LogP contribution in [0, 0.1) is 0 Å². The number of methoxy groups -OCH3 is 1. The summed E-state index contributed by atoms with van der Waals surface area (Å²) in [5.74, 6) is 2.75. The molecule has 2 aromatic heterocycles. The van der Waals surface area contributed by atoms with Gasteiger partial charge in [-0.2, -0.15) is 0 Å². The summed E-state index contributed by atoms with van der Waals surface area (Å²) < 4.78 is 18.1. The van der Waals surface area contributed by atoms with E-state index in [1.165, 1.54) is 6.42 Å². The van der Waals surface area contributed by atoms with E-state index in [2.05, 4.69) is 25.4 Å². The van der Waals surface area contributed by atoms with E-state index < -0.39 is 0 Å². The Labute approximate surface area is 201 Å². The van der Waals surface area contributed by atoms with Gasteiger partial charge in [-0.15, -0.1) is 5.10 Å². The van der Waals surface area contributed by atoms with Crippen molar-refractivity contribution in [1.82, 2.24) is 30.1 Å². The molecular formula is C25H26N6O4. The van der Waals surface area contributed by atoms with Crippen molar-refractivity contribution in [3.63, 3.8) is 0 Å². The summed E-state index contributed by atoms with van der Waals surface area (Å²) in [6, 6.07) is 13.1. The fourth-order valence-electron chi connectivity index (χ4n) is 4.92. The van der Waals surface area contributed by atoms with Crippen LogP contribution in [-0.2, 0) is 6.54 Å². The van der Waals surface area contributed by atoms with Gasteiger partial charge in [-0.05, 0) is 66.2 Å². The van der Waals surface area contributed by atoms with Crippen LogP contribution < -0.4 is 19.8 Å². The van der Waals surface area contributed by atoms with Crippen LogP contribution in [0.25, 0.3) is 10.9 Å². The van der Waals surface area contributed by atoms with E-state index in [9.17, 15) is 4.79 Å². The topological polar surface area (TPSA) is 107 Å². The van der Waals surface area contributed by atoms with Crippen LogP contribution in [0.1, 0.15) is 42.3 Å². The van der Waals surface area contributed by atoms with Gasteiger partial charge in [0.25, 0.3) is 5.56 Å². The molecule has 1 N–H and O–H groups in total. The number of benzene rings is 2. The normalized spacial score (nSPS) is 16.5. The summed E-state index contributed by atoms with van der Waals surface area (Å²) in [6.45, 7) is 2.41. The summed E-state index contributed by atoms with van der Waals surface area (Å²) in [7, 11) is 1.65. The van der Waals surface area contributed by atoms with E-state index in [4.69, 9.17) is 14.2 Å². The molecule has 1 fully saturated rings. The lowest BCUT2D eigenvalue weighted by atomic mass is 10.00. The molecule has 0 spiro atoms. The van der Waals surface area contributed by atoms with E-state index in [0.29, 0.717) is 34.9 Å². The number of fused-ring (bicyclic) bond motifs is 2. The molecule has 35 heavy (non-hydrogen) atoms. The zero-order valence-electron chi connectivity index (χ0n) is 19.4. The van der Waals surface area contributed by atoms with Gasteiger partial charge in [-0.3, -0.25) is 9.69 Å². The number of piperidine rings is 1.